The summed E-state index contributed by atoms with van der Waals surface area (Å²) in [5, 5.41) is 12.5. The Kier molecular flexibility index (Phi) is 6.81. The zero-order chi connectivity index (χ0) is 20.0. The number of aromatic carboxylic acids is 1. The molecule has 0 radical (unpaired) electrons. The highest BCUT2D eigenvalue weighted by Gasteiger charge is 2.19. The van der Waals surface area contributed by atoms with E-state index in [4.69, 9.17) is 4.74 Å². The first-order valence-corrected chi connectivity index (χ1v) is 9.97. The van der Waals surface area contributed by atoms with Crippen LogP contribution in [-0.4, -0.2) is 39.2 Å². The number of rotatable bonds is 9. The van der Waals surface area contributed by atoms with E-state index in [0.717, 1.165) is 11.3 Å². The Labute approximate surface area is 159 Å². The number of carboxylic acid groups (broad SMARTS) is 1. The first-order chi connectivity index (χ1) is 12.7. The fourth-order valence-electron chi connectivity index (χ4n) is 2.53. The van der Waals surface area contributed by atoms with Crippen molar-refractivity contribution in [2.24, 2.45) is 0 Å². The number of nitrogens with one attached hydrogen (secondary N) is 2. The summed E-state index contributed by atoms with van der Waals surface area (Å²) in [6.07, 6.45) is 0.679. The maximum atomic E-state index is 12.2. The molecule has 8 heteroatoms. The van der Waals surface area contributed by atoms with E-state index in [9.17, 15) is 18.3 Å². The first kappa shape index (κ1) is 20.7. The molecule has 0 amide bonds. The van der Waals surface area contributed by atoms with Crippen molar-refractivity contribution in [3.05, 3.63) is 53.6 Å². The second-order valence-corrected chi connectivity index (χ2v) is 8.03. The number of sulfonamides is 1. The second kappa shape index (κ2) is 8.88. The van der Waals surface area contributed by atoms with Gasteiger partial charge < -0.3 is 15.2 Å². The van der Waals surface area contributed by atoms with Gasteiger partial charge in [0.05, 0.1) is 17.6 Å². The van der Waals surface area contributed by atoms with Crippen LogP contribution in [0.2, 0.25) is 0 Å². The molecule has 0 aliphatic rings. The van der Waals surface area contributed by atoms with Crippen molar-refractivity contribution in [2.75, 3.05) is 19.0 Å². The largest absolute Gasteiger partial charge is 0.497 e. The van der Waals surface area contributed by atoms with Crippen LogP contribution in [0.3, 0.4) is 0 Å². The van der Waals surface area contributed by atoms with Crippen molar-refractivity contribution >= 4 is 21.7 Å². The Bertz CT molecular complexity index is 893. The number of benzene rings is 2. The molecule has 2 aromatic rings. The van der Waals surface area contributed by atoms with E-state index in [1.807, 2.05) is 24.3 Å². The van der Waals surface area contributed by atoms with Crippen molar-refractivity contribution in [1.82, 2.24) is 4.72 Å². The summed E-state index contributed by atoms with van der Waals surface area (Å²) in [6.45, 7) is 3.90. The molecule has 0 bridgehead atoms. The van der Waals surface area contributed by atoms with Gasteiger partial charge in [0.25, 0.3) is 0 Å². The molecule has 0 spiro atoms. The molecule has 0 atom stereocenters. The lowest BCUT2D eigenvalue weighted by molar-refractivity contribution is 0.0697. The molecule has 3 N–H and O–H groups in total. The lowest BCUT2D eigenvalue weighted by Crippen LogP contribution is -2.30. The fourth-order valence-corrected chi connectivity index (χ4v) is 3.81. The molecule has 0 heterocycles. The maximum Gasteiger partial charge on any atom is 0.337 e. The molecule has 27 heavy (non-hydrogen) atoms. The molecule has 0 aliphatic carbocycles. The van der Waals surface area contributed by atoms with Gasteiger partial charge in [-0.05, 0) is 56.2 Å². The fraction of sp³-hybridized carbons (Fsp3) is 0.316. The van der Waals surface area contributed by atoms with Crippen molar-refractivity contribution in [3.8, 4) is 5.75 Å². The molecule has 0 aliphatic heterocycles. The summed E-state index contributed by atoms with van der Waals surface area (Å²) in [4.78, 5) is 11.5. The van der Waals surface area contributed by atoms with Crippen LogP contribution in [0.5, 0.6) is 5.75 Å². The number of ether oxygens (including phenoxy) is 1. The van der Waals surface area contributed by atoms with Crippen molar-refractivity contribution in [2.45, 2.75) is 31.2 Å². The normalized spacial score (nSPS) is 11.4. The number of carbonyl (C=O) groups is 1. The van der Waals surface area contributed by atoms with E-state index < -0.39 is 16.0 Å². The van der Waals surface area contributed by atoms with Gasteiger partial charge in [0.1, 0.15) is 5.75 Å². The zero-order valence-electron chi connectivity index (χ0n) is 15.5. The van der Waals surface area contributed by atoms with Crippen molar-refractivity contribution in [3.63, 3.8) is 0 Å². The average Bonchev–Trinajstić information content (AvgIpc) is 2.61. The van der Waals surface area contributed by atoms with Crippen LogP contribution in [0, 0.1) is 0 Å². The third kappa shape index (κ3) is 5.70. The molecule has 0 unspecified atom stereocenters. The Balaban J connectivity index is 2.13. The van der Waals surface area contributed by atoms with Gasteiger partial charge in [-0.25, -0.2) is 17.9 Å². The van der Waals surface area contributed by atoms with Gasteiger partial charge in [-0.3, -0.25) is 0 Å². The van der Waals surface area contributed by atoms with Crippen LogP contribution in [0.1, 0.15) is 29.8 Å². The molecule has 146 valence electrons. The zero-order valence-corrected chi connectivity index (χ0v) is 16.3. The van der Waals surface area contributed by atoms with Gasteiger partial charge >= 0.3 is 5.97 Å². The Morgan fingerprint density at radius 2 is 1.81 bits per heavy atom. The summed E-state index contributed by atoms with van der Waals surface area (Å²) in [5.41, 5.74) is 1.36. The first-order valence-electron chi connectivity index (χ1n) is 8.49. The van der Waals surface area contributed by atoms with Gasteiger partial charge in [0, 0.05) is 18.3 Å². The minimum absolute atomic E-state index is 0.0747. The molecule has 2 aromatic carbocycles. The van der Waals surface area contributed by atoms with Gasteiger partial charge in [-0.15, -0.1) is 0 Å². The van der Waals surface area contributed by atoms with Crippen LogP contribution < -0.4 is 14.8 Å². The standard InChI is InChI=1S/C19H24N2O5S/c1-13(2)21-27(24,25)16-8-9-18(17(12-16)19(22)23)20-11-10-14-4-6-15(26-3)7-5-14/h4-9,12-13,20-21H,10-11H2,1-3H3,(H,22,23). The Morgan fingerprint density at radius 1 is 1.15 bits per heavy atom. The van der Waals surface area contributed by atoms with Gasteiger partial charge in [-0.2, -0.15) is 0 Å². The smallest absolute Gasteiger partial charge is 0.337 e. The minimum atomic E-state index is -3.76. The number of hydrogen-bond donors (Lipinski definition) is 3. The average molecular weight is 392 g/mol. The number of methoxy groups -OCH3 is 1. The molecule has 0 saturated heterocycles. The minimum Gasteiger partial charge on any atom is -0.497 e. The molecular weight excluding hydrogens is 368 g/mol. The Hall–Kier alpha value is -2.58. The molecule has 2 rings (SSSR count). The van der Waals surface area contributed by atoms with Gasteiger partial charge in [0.2, 0.25) is 10.0 Å². The van der Waals surface area contributed by atoms with Crippen LogP contribution in [0.15, 0.2) is 47.4 Å². The lowest BCUT2D eigenvalue weighted by Gasteiger charge is -2.13. The van der Waals surface area contributed by atoms with Gasteiger partial charge in [0.15, 0.2) is 0 Å². The highest BCUT2D eigenvalue weighted by molar-refractivity contribution is 7.89. The molecular formula is C19H24N2O5S. The topological polar surface area (TPSA) is 105 Å². The second-order valence-electron chi connectivity index (χ2n) is 6.31. The molecule has 0 saturated carbocycles. The van der Waals surface area contributed by atoms with Crippen molar-refractivity contribution in [1.29, 1.82) is 0 Å². The third-order valence-electron chi connectivity index (χ3n) is 3.81. The molecule has 7 nitrogen and oxygen atoms in total. The molecule has 0 aromatic heterocycles. The van der Waals surface area contributed by atoms with E-state index >= 15 is 0 Å². The quantitative estimate of drug-likeness (QED) is 0.606. The van der Waals surface area contributed by atoms with E-state index in [-0.39, 0.29) is 16.5 Å². The summed E-state index contributed by atoms with van der Waals surface area (Å²) in [6, 6.07) is 11.4. The third-order valence-corrected chi connectivity index (χ3v) is 5.47. The highest BCUT2D eigenvalue weighted by atomic mass is 32.2. The summed E-state index contributed by atoms with van der Waals surface area (Å²) >= 11 is 0. The van der Waals surface area contributed by atoms with Gasteiger partial charge in [-0.1, -0.05) is 12.1 Å². The van der Waals surface area contributed by atoms with E-state index in [0.29, 0.717) is 18.7 Å². The maximum absolute atomic E-state index is 12.2. The predicted octanol–water partition coefficient (Wildman–Crippen LogP) is 2.73. The van der Waals surface area contributed by atoms with Crippen LogP contribution in [0.4, 0.5) is 5.69 Å². The monoisotopic (exact) mass is 392 g/mol. The molecule has 0 fully saturated rings. The highest BCUT2D eigenvalue weighted by Crippen LogP contribution is 2.21. The van der Waals surface area contributed by atoms with Crippen LogP contribution in [0.25, 0.3) is 0 Å². The Morgan fingerprint density at radius 3 is 2.37 bits per heavy atom. The summed E-state index contributed by atoms with van der Waals surface area (Å²) < 4.78 is 32.0. The van der Waals surface area contributed by atoms with Crippen LogP contribution in [-0.2, 0) is 16.4 Å². The van der Waals surface area contributed by atoms with Crippen LogP contribution >= 0.6 is 0 Å². The lowest BCUT2D eigenvalue weighted by atomic mass is 10.1. The predicted molar refractivity (Wildman–Crippen MR) is 104 cm³/mol. The summed E-state index contributed by atoms with van der Waals surface area (Å²) in [5.74, 6) is -0.421. The number of anilines is 1. The number of carboxylic acids is 1. The van der Waals surface area contributed by atoms with E-state index in [1.54, 1.807) is 21.0 Å². The van der Waals surface area contributed by atoms with E-state index in [1.165, 1.54) is 18.2 Å². The van der Waals surface area contributed by atoms with E-state index in [2.05, 4.69) is 10.0 Å². The van der Waals surface area contributed by atoms with Crippen molar-refractivity contribution < 1.29 is 23.1 Å². The summed E-state index contributed by atoms with van der Waals surface area (Å²) in [7, 11) is -2.15. The SMILES string of the molecule is COc1ccc(CCNc2ccc(S(=O)(=O)NC(C)C)cc2C(=O)O)cc1. The number of hydrogen-bond acceptors (Lipinski definition) is 5.